The van der Waals surface area contributed by atoms with Crippen molar-refractivity contribution in [1.29, 1.82) is 0 Å². The lowest BCUT2D eigenvalue weighted by molar-refractivity contribution is -0.152. The lowest BCUT2D eigenvalue weighted by Crippen LogP contribution is -2.59. The Balaban J connectivity index is 2.32. The Bertz CT molecular complexity index is 357. The SMILES string of the molecule is C=C1[C@@H](O)CC[C@]2(C)CC[C@@H](C(C)(C)O)C[C@@]12O. The Labute approximate surface area is 110 Å². The number of hydrogen-bond donors (Lipinski definition) is 3. The molecule has 0 aromatic heterocycles. The average Bonchev–Trinajstić information content (AvgIpc) is 2.26. The van der Waals surface area contributed by atoms with E-state index in [2.05, 4.69) is 13.5 Å². The molecule has 0 heterocycles. The number of aliphatic hydroxyl groups excluding tert-OH is 1. The van der Waals surface area contributed by atoms with Gasteiger partial charge in [-0.2, -0.15) is 0 Å². The fourth-order valence-electron chi connectivity index (χ4n) is 3.76. The molecule has 2 rings (SSSR count). The van der Waals surface area contributed by atoms with E-state index in [4.69, 9.17) is 0 Å². The number of hydrogen-bond acceptors (Lipinski definition) is 3. The van der Waals surface area contributed by atoms with Crippen LogP contribution < -0.4 is 0 Å². The summed E-state index contributed by atoms with van der Waals surface area (Å²) in [5, 5.41) is 31.2. The van der Waals surface area contributed by atoms with E-state index in [1.54, 1.807) is 13.8 Å². The highest BCUT2D eigenvalue weighted by atomic mass is 16.3. The van der Waals surface area contributed by atoms with E-state index in [1.165, 1.54) is 0 Å². The number of rotatable bonds is 1. The van der Waals surface area contributed by atoms with Crippen LogP contribution in [0.15, 0.2) is 12.2 Å². The van der Waals surface area contributed by atoms with Crippen LogP contribution >= 0.6 is 0 Å². The molecular formula is C15H26O3. The van der Waals surface area contributed by atoms with Crippen molar-refractivity contribution in [2.75, 3.05) is 0 Å². The molecule has 0 radical (unpaired) electrons. The first-order chi connectivity index (χ1) is 8.10. The highest BCUT2D eigenvalue weighted by Gasteiger charge is 2.57. The fourth-order valence-corrected chi connectivity index (χ4v) is 3.76. The number of fused-ring (bicyclic) bond motifs is 1. The van der Waals surface area contributed by atoms with Crippen molar-refractivity contribution in [2.24, 2.45) is 11.3 Å². The molecule has 2 aliphatic rings. The monoisotopic (exact) mass is 254 g/mol. The van der Waals surface area contributed by atoms with Gasteiger partial charge in [0, 0.05) is 5.41 Å². The van der Waals surface area contributed by atoms with Gasteiger partial charge in [0.15, 0.2) is 0 Å². The van der Waals surface area contributed by atoms with E-state index >= 15 is 0 Å². The van der Waals surface area contributed by atoms with Crippen molar-refractivity contribution in [1.82, 2.24) is 0 Å². The van der Waals surface area contributed by atoms with Gasteiger partial charge in [0.05, 0.1) is 17.3 Å². The lowest BCUT2D eigenvalue weighted by Gasteiger charge is -2.57. The zero-order valence-corrected chi connectivity index (χ0v) is 11.7. The van der Waals surface area contributed by atoms with Gasteiger partial charge in [0.25, 0.3) is 0 Å². The Kier molecular flexibility index (Phi) is 3.16. The predicted molar refractivity (Wildman–Crippen MR) is 71.1 cm³/mol. The van der Waals surface area contributed by atoms with Gasteiger partial charge in [-0.05, 0) is 57.4 Å². The van der Waals surface area contributed by atoms with Gasteiger partial charge in [0.1, 0.15) is 0 Å². The Morgan fingerprint density at radius 3 is 2.39 bits per heavy atom. The summed E-state index contributed by atoms with van der Waals surface area (Å²) < 4.78 is 0. The molecular weight excluding hydrogens is 228 g/mol. The van der Waals surface area contributed by atoms with Crippen LogP contribution in [0.25, 0.3) is 0 Å². The fraction of sp³-hybridized carbons (Fsp3) is 0.867. The van der Waals surface area contributed by atoms with Crippen molar-refractivity contribution in [3.63, 3.8) is 0 Å². The van der Waals surface area contributed by atoms with Crippen LogP contribution in [-0.4, -0.2) is 32.6 Å². The van der Waals surface area contributed by atoms with Crippen LogP contribution in [0.3, 0.4) is 0 Å². The maximum absolute atomic E-state index is 11.1. The summed E-state index contributed by atoms with van der Waals surface area (Å²) in [6.07, 6.45) is 3.20. The molecule has 3 heteroatoms. The maximum atomic E-state index is 11.1. The van der Waals surface area contributed by atoms with Gasteiger partial charge in [-0.25, -0.2) is 0 Å². The number of aliphatic hydroxyl groups is 3. The third-order valence-electron chi connectivity index (χ3n) is 5.49. The molecule has 0 aromatic rings. The molecule has 3 N–H and O–H groups in total. The van der Waals surface area contributed by atoms with E-state index in [-0.39, 0.29) is 11.3 Å². The largest absolute Gasteiger partial charge is 0.390 e. The Morgan fingerprint density at radius 2 is 1.83 bits per heavy atom. The minimum Gasteiger partial charge on any atom is -0.390 e. The summed E-state index contributed by atoms with van der Waals surface area (Å²) in [6.45, 7) is 9.61. The third kappa shape index (κ3) is 1.93. The van der Waals surface area contributed by atoms with E-state index in [0.29, 0.717) is 18.4 Å². The van der Waals surface area contributed by atoms with Crippen LogP contribution in [-0.2, 0) is 0 Å². The molecule has 0 saturated heterocycles. The molecule has 3 nitrogen and oxygen atoms in total. The molecule has 2 aliphatic carbocycles. The minimum atomic E-state index is -1.03. The topological polar surface area (TPSA) is 60.7 Å². The molecule has 18 heavy (non-hydrogen) atoms. The average molecular weight is 254 g/mol. The molecule has 4 atom stereocenters. The molecule has 0 aromatic carbocycles. The van der Waals surface area contributed by atoms with Crippen molar-refractivity contribution in [2.45, 2.75) is 70.2 Å². The van der Waals surface area contributed by atoms with Gasteiger partial charge in [-0.15, -0.1) is 0 Å². The maximum Gasteiger partial charge on any atom is 0.0935 e. The van der Waals surface area contributed by atoms with Crippen LogP contribution in [0, 0.1) is 11.3 Å². The zero-order valence-electron chi connectivity index (χ0n) is 11.7. The lowest BCUT2D eigenvalue weighted by atomic mass is 9.52. The molecule has 0 amide bonds. The molecule has 0 aliphatic heterocycles. The first-order valence-electron chi connectivity index (χ1n) is 6.92. The Hall–Kier alpha value is -0.380. The smallest absolute Gasteiger partial charge is 0.0935 e. The molecule has 0 spiro atoms. The second kappa shape index (κ2) is 4.06. The van der Waals surface area contributed by atoms with Crippen molar-refractivity contribution < 1.29 is 15.3 Å². The first kappa shape index (κ1) is 14.0. The van der Waals surface area contributed by atoms with Crippen LogP contribution in [0.2, 0.25) is 0 Å². The molecule has 0 bridgehead atoms. The van der Waals surface area contributed by atoms with E-state index in [1.807, 2.05) is 0 Å². The third-order valence-corrected chi connectivity index (χ3v) is 5.49. The summed E-state index contributed by atoms with van der Waals surface area (Å²) in [5.41, 5.74) is -1.48. The van der Waals surface area contributed by atoms with Crippen LogP contribution in [0.1, 0.15) is 52.9 Å². The van der Waals surface area contributed by atoms with E-state index in [0.717, 1.165) is 19.3 Å². The highest BCUT2D eigenvalue weighted by Crippen LogP contribution is 2.57. The minimum absolute atomic E-state index is 0.0534. The zero-order chi connectivity index (χ0) is 13.8. The van der Waals surface area contributed by atoms with E-state index in [9.17, 15) is 15.3 Å². The van der Waals surface area contributed by atoms with Crippen molar-refractivity contribution in [3.8, 4) is 0 Å². The predicted octanol–water partition coefficient (Wildman–Crippen LogP) is 2.01. The molecule has 2 saturated carbocycles. The molecule has 0 unspecified atom stereocenters. The van der Waals surface area contributed by atoms with Crippen LogP contribution in [0.5, 0.6) is 0 Å². The van der Waals surface area contributed by atoms with Crippen molar-refractivity contribution in [3.05, 3.63) is 12.2 Å². The molecule has 2 fully saturated rings. The highest BCUT2D eigenvalue weighted by molar-refractivity contribution is 5.27. The summed E-state index contributed by atoms with van der Waals surface area (Å²) in [6, 6.07) is 0. The summed E-state index contributed by atoms with van der Waals surface area (Å²) >= 11 is 0. The quantitative estimate of drug-likeness (QED) is 0.627. The van der Waals surface area contributed by atoms with Gasteiger partial charge in [-0.3, -0.25) is 0 Å². The standard InChI is InChI=1S/C15H26O3/c1-10-12(16)6-8-14(4)7-5-11(13(2,3)17)9-15(10,14)18/h11-12,16-18H,1,5-9H2,2-4H3/t11-,12+,14+,15-/m1/s1. The van der Waals surface area contributed by atoms with Crippen LogP contribution in [0.4, 0.5) is 0 Å². The molecule has 104 valence electrons. The van der Waals surface area contributed by atoms with Gasteiger partial charge >= 0.3 is 0 Å². The second-order valence-electron chi connectivity index (χ2n) is 7.09. The summed E-state index contributed by atoms with van der Waals surface area (Å²) in [7, 11) is 0. The van der Waals surface area contributed by atoms with Crippen molar-refractivity contribution >= 4 is 0 Å². The summed E-state index contributed by atoms with van der Waals surface area (Å²) in [4.78, 5) is 0. The van der Waals surface area contributed by atoms with E-state index < -0.39 is 17.3 Å². The van der Waals surface area contributed by atoms with Gasteiger partial charge < -0.3 is 15.3 Å². The van der Waals surface area contributed by atoms with Gasteiger partial charge in [-0.1, -0.05) is 13.5 Å². The summed E-state index contributed by atoms with van der Waals surface area (Å²) in [5.74, 6) is 0.0534. The second-order valence-corrected chi connectivity index (χ2v) is 7.09. The Morgan fingerprint density at radius 1 is 1.28 bits per heavy atom. The normalized spacial score (nSPS) is 45.8. The first-order valence-corrected chi connectivity index (χ1v) is 6.92. The van der Waals surface area contributed by atoms with Gasteiger partial charge in [0.2, 0.25) is 0 Å².